The summed E-state index contributed by atoms with van der Waals surface area (Å²) in [5.74, 6) is -0.813. The molecule has 0 radical (unpaired) electrons. The Hall–Kier alpha value is -1.88. The molecule has 0 unspecified atom stereocenters. The van der Waals surface area contributed by atoms with Gasteiger partial charge in [0, 0.05) is 12.7 Å². The molecule has 1 aromatic carbocycles. The minimum absolute atomic E-state index is 0.0949. The molecule has 5 heteroatoms. The average Bonchev–Trinajstić information content (AvgIpc) is 2.84. The Morgan fingerprint density at radius 1 is 1.30 bits per heavy atom. The SMILES string of the molecule is Cc1ccc(N(C)c2nc(C(C)C)c(C(=O)O)s2)cc1. The molecule has 0 saturated heterocycles. The molecule has 4 nitrogen and oxygen atoms in total. The van der Waals surface area contributed by atoms with E-state index in [9.17, 15) is 9.90 Å². The number of carboxylic acids is 1. The van der Waals surface area contributed by atoms with Crippen LogP contribution in [-0.2, 0) is 0 Å². The molecule has 0 spiro atoms. The van der Waals surface area contributed by atoms with Crippen LogP contribution in [0.4, 0.5) is 10.8 Å². The number of carbonyl (C=O) groups is 1. The summed E-state index contributed by atoms with van der Waals surface area (Å²) in [4.78, 5) is 18.0. The van der Waals surface area contributed by atoms with E-state index in [1.54, 1.807) is 0 Å². The largest absolute Gasteiger partial charge is 0.477 e. The number of aromatic nitrogens is 1. The average molecular weight is 290 g/mol. The lowest BCUT2D eigenvalue weighted by Crippen LogP contribution is -2.09. The topological polar surface area (TPSA) is 53.4 Å². The normalized spacial score (nSPS) is 10.8. The highest BCUT2D eigenvalue weighted by atomic mass is 32.1. The number of hydrogen-bond acceptors (Lipinski definition) is 4. The van der Waals surface area contributed by atoms with Gasteiger partial charge in [0.2, 0.25) is 0 Å². The fourth-order valence-electron chi connectivity index (χ4n) is 1.89. The van der Waals surface area contributed by atoms with Gasteiger partial charge in [-0.25, -0.2) is 9.78 Å². The highest BCUT2D eigenvalue weighted by molar-refractivity contribution is 7.17. The van der Waals surface area contributed by atoms with Crippen LogP contribution in [0.15, 0.2) is 24.3 Å². The van der Waals surface area contributed by atoms with Crippen LogP contribution in [0.3, 0.4) is 0 Å². The summed E-state index contributed by atoms with van der Waals surface area (Å²) in [6.45, 7) is 5.95. The number of rotatable bonds is 4. The number of aromatic carboxylic acids is 1. The molecule has 20 heavy (non-hydrogen) atoms. The minimum atomic E-state index is -0.908. The molecule has 0 aliphatic carbocycles. The highest BCUT2D eigenvalue weighted by Crippen LogP contribution is 2.33. The van der Waals surface area contributed by atoms with Crippen LogP contribution in [0.25, 0.3) is 0 Å². The molecule has 0 saturated carbocycles. The molecular formula is C15H18N2O2S. The van der Waals surface area contributed by atoms with Gasteiger partial charge in [0.1, 0.15) is 4.88 Å². The van der Waals surface area contributed by atoms with E-state index in [0.717, 1.165) is 5.69 Å². The van der Waals surface area contributed by atoms with Crippen molar-refractivity contribution in [3.05, 3.63) is 40.4 Å². The monoisotopic (exact) mass is 290 g/mol. The van der Waals surface area contributed by atoms with Crippen LogP contribution < -0.4 is 4.90 Å². The minimum Gasteiger partial charge on any atom is -0.477 e. The van der Waals surface area contributed by atoms with Crippen molar-refractivity contribution in [1.82, 2.24) is 4.98 Å². The Balaban J connectivity index is 2.40. The van der Waals surface area contributed by atoms with E-state index in [1.165, 1.54) is 16.9 Å². The lowest BCUT2D eigenvalue weighted by Gasteiger charge is -2.15. The zero-order valence-electron chi connectivity index (χ0n) is 12.0. The Labute approximate surface area is 122 Å². The number of benzene rings is 1. The molecule has 0 aliphatic heterocycles. The van der Waals surface area contributed by atoms with E-state index in [-0.39, 0.29) is 5.92 Å². The van der Waals surface area contributed by atoms with Crippen LogP contribution in [0, 0.1) is 6.92 Å². The first kappa shape index (κ1) is 14.5. The lowest BCUT2D eigenvalue weighted by atomic mass is 10.1. The van der Waals surface area contributed by atoms with E-state index >= 15 is 0 Å². The van der Waals surface area contributed by atoms with Gasteiger partial charge in [-0.05, 0) is 25.0 Å². The Kier molecular flexibility index (Phi) is 4.09. The first-order valence-corrected chi connectivity index (χ1v) is 7.26. The molecule has 0 fully saturated rings. The number of nitrogens with zero attached hydrogens (tertiary/aromatic N) is 2. The van der Waals surface area contributed by atoms with Gasteiger partial charge in [-0.15, -0.1) is 0 Å². The number of anilines is 2. The third-order valence-corrected chi connectivity index (χ3v) is 4.23. The molecule has 2 rings (SSSR count). The standard InChI is InChI=1S/C15H18N2O2S/c1-9(2)12-13(14(18)19)20-15(16-12)17(4)11-7-5-10(3)6-8-11/h5-9H,1-4H3,(H,18,19). The van der Waals surface area contributed by atoms with Crippen LogP contribution in [0.5, 0.6) is 0 Å². The lowest BCUT2D eigenvalue weighted by molar-refractivity contribution is 0.0700. The number of carboxylic acid groups (broad SMARTS) is 1. The highest BCUT2D eigenvalue weighted by Gasteiger charge is 2.21. The quantitative estimate of drug-likeness (QED) is 0.923. The van der Waals surface area contributed by atoms with Crippen molar-refractivity contribution in [1.29, 1.82) is 0 Å². The zero-order valence-corrected chi connectivity index (χ0v) is 12.9. The summed E-state index contributed by atoms with van der Waals surface area (Å²) >= 11 is 1.22. The molecule has 106 valence electrons. The summed E-state index contributed by atoms with van der Waals surface area (Å²) in [5.41, 5.74) is 2.84. The van der Waals surface area contributed by atoms with Gasteiger partial charge < -0.3 is 10.0 Å². The maximum Gasteiger partial charge on any atom is 0.347 e. The number of aryl methyl sites for hydroxylation is 1. The summed E-state index contributed by atoms with van der Waals surface area (Å²) < 4.78 is 0. The smallest absolute Gasteiger partial charge is 0.347 e. The van der Waals surface area contributed by atoms with Crippen molar-refractivity contribution in [3.8, 4) is 0 Å². The van der Waals surface area contributed by atoms with Crippen molar-refractivity contribution >= 4 is 28.1 Å². The van der Waals surface area contributed by atoms with Crippen molar-refractivity contribution in [2.75, 3.05) is 11.9 Å². The molecule has 0 aliphatic rings. The van der Waals surface area contributed by atoms with Crippen LogP contribution in [0.2, 0.25) is 0 Å². The first-order valence-electron chi connectivity index (χ1n) is 6.44. The Morgan fingerprint density at radius 2 is 1.90 bits per heavy atom. The summed E-state index contributed by atoms with van der Waals surface area (Å²) in [6, 6.07) is 8.07. The van der Waals surface area contributed by atoms with Gasteiger partial charge in [-0.2, -0.15) is 0 Å². The van der Waals surface area contributed by atoms with Gasteiger partial charge in [0.05, 0.1) is 5.69 Å². The van der Waals surface area contributed by atoms with Gasteiger partial charge in [0.25, 0.3) is 0 Å². The van der Waals surface area contributed by atoms with Crippen molar-refractivity contribution in [2.45, 2.75) is 26.7 Å². The van der Waals surface area contributed by atoms with Crippen molar-refractivity contribution < 1.29 is 9.90 Å². The molecule has 2 aromatic rings. The second kappa shape index (κ2) is 5.63. The first-order chi connectivity index (χ1) is 9.40. The number of hydrogen-bond donors (Lipinski definition) is 1. The number of thiazole rings is 1. The van der Waals surface area contributed by atoms with Crippen molar-refractivity contribution in [2.24, 2.45) is 0 Å². The van der Waals surface area contributed by atoms with E-state index < -0.39 is 5.97 Å². The van der Waals surface area contributed by atoms with Crippen LogP contribution in [-0.4, -0.2) is 23.1 Å². The second-order valence-corrected chi connectivity index (χ2v) is 6.04. The molecule has 1 N–H and O–H groups in total. The van der Waals surface area contributed by atoms with Gasteiger partial charge >= 0.3 is 5.97 Å². The summed E-state index contributed by atoms with van der Waals surface area (Å²) in [6.07, 6.45) is 0. The van der Waals surface area contributed by atoms with E-state index in [2.05, 4.69) is 4.98 Å². The molecule has 0 amide bonds. The third-order valence-electron chi connectivity index (χ3n) is 3.09. The summed E-state index contributed by atoms with van der Waals surface area (Å²) in [7, 11) is 1.90. The molecule has 0 bridgehead atoms. The van der Waals surface area contributed by atoms with Crippen LogP contribution in [0.1, 0.15) is 40.7 Å². The maximum absolute atomic E-state index is 11.3. The molecule has 0 atom stereocenters. The molecular weight excluding hydrogens is 272 g/mol. The van der Waals surface area contributed by atoms with Crippen LogP contribution >= 0.6 is 11.3 Å². The fraction of sp³-hybridized carbons (Fsp3) is 0.333. The zero-order chi connectivity index (χ0) is 14.9. The van der Waals surface area contributed by atoms with Gasteiger partial charge in [-0.1, -0.05) is 42.9 Å². The molecule has 1 heterocycles. The Morgan fingerprint density at radius 3 is 2.35 bits per heavy atom. The second-order valence-electron chi connectivity index (χ2n) is 5.07. The fourth-order valence-corrected chi connectivity index (χ4v) is 2.93. The molecule has 1 aromatic heterocycles. The van der Waals surface area contributed by atoms with E-state index in [0.29, 0.717) is 15.7 Å². The van der Waals surface area contributed by atoms with Gasteiger partial charge in [-0.3, -0.25) is 0 Å². The predicted molar refractivity (Wildman–Crippen MR) is 82.4 cm³/mol. The van der Waals surface area contributed by atoms with Crippen molar-refractivity contribution in [3.63, 3.8) is 0 Å². The summed E-state index contributed by atoms with van der Waals surface area (Å²) in [5, 5.41) is 9.97. The predicted octanol–water partition coefficient (Wildman–Crippen LogP) is 4.04. The Bertz CT molecular complexity index is 617. The third kappa shape index (κ3) is 2.82. The van der Waals surface area contributed by atoms with E-state index in [4.69, 9.17) is 0 Å². The maximum atomic E-state index is 11.3. The van der Waals surface area contributed by atoms with E-state index in [1.807, 2.05) is 57.0 Å². The van der Waals surface area contributed by atoms with Gasteiger partial charge in [0.15, 0.2) is 5.13 Å².